The zero-order valence-electron chi connectivity index (χ0n) is 12.2. The molecule has 0 fully saturated rings. The molecular formula is C15H18N2O3S. The van der Waals surface area contributed by atoms with Gasteiger partial charge in [0.25, 0.3) is 10.0 Å². The first-order chi connectivity index (χ1) is 9.83. The lowest BCUT2D eigenvalue weighted by Gasteiger charge is -2.12. The van der Waals surface area contributed by atoms with Crippen LogP contribution < -0.4 is 15.2 Å². The van der Waals surface area contributed by atoms with Crippen LogP contribution in [-0.4, -0.2) is 15.5 Å². The van der Waals surface area contributed by atoms with E-state index in [0.29, 0.717) is 17.1 Å². The van der Waals surface area contributed by atoms with Gasteiger partial charge in [-0.1, -0.05) is 6.07 Å². The second-order valence-corrected chi connectivity index (χ2v) is 6.49. The fourth-order valence-electron chi connectivity index (χ4n) is 1.85. The third-order valence-corrected chi connectivity index (χ3v) is 4.65. The Hall–Kier alpha value is -2.21. The van der Waals surface area contributed by atoms with Gasteiger partial charge >= 0.3 is 0 Å². The van der Waals surface area contributed by atoms with Crippen LogP contribution in [0.1, 0.15) is 11.1 Å². The summed E-state index contributed by atoms with van der Waals surface area (Å²) in [7, 11) is -2.14. The van der Waals surface area contributed by atoms with Crippen molar-refractivity contribution in [1.29, 1.82) is 0 Å². The number of benzene rings is 2. The molecule has 0 bridgehead atoms. The van der Waals surface area contributed by atoms with Crippen molar-refractivity contribution in [3.05, 3.63) is 47.5 Å². The molecular weight excluding hydrogens is 288 g/mol. The lowest BCUT2D eigenvalue weighted by molar-refractivity contribution is 0.415. The van der Waals surface area contributed by atoms with Crippen LogP contribution in [0.4, 0.5) is 11.4 Å². The van der Waals surface area contributed by atoms with Crippen molar-refractivity contribution in [2.45, 2.75) is 18.7 Å². The van der Waals surface area contributed by atoms with Crippen molar-refractivity contribution in [3.8, 4) is 5.75 Å². The number of nitrogens with one attached hydrogen (secondary N) is 1. The van der Waals surface area contributed by atoms with E-state index in [2.05, 4.69) is 4.72 Å². The molecule has 6 heteroatoms. The van der Waals surface area contributed by atoms with E-state index in [0.717, 1.165) is 11.1 Å². The highest BCUT2D eigenvalue weighted by Crippen LogP contribution is 2.26. The van der Waals surface area contributed by atoms with Crippen LogP contribution in [-0.2, 0) is 10.0 Å². The number of methoxy groups -OCH3 is 1. The SMILES string of the molecule is COc1ccc(NS(=O)(=O)c2ccc(C)c(C)c2)c(N)c1. The van der Waals surface area contributed by atoms with Crippen molar-refractivity contribution in [1.82, 2.24) is 0 Å². The molecule has 0 aliphatic heterocycles. The molecule has 2 aromatic rings. The largest absolute Gasteiger partial charge is 0.497 e. The predicted molar refractivity (Wildman–Crippen MR) is 84.1 cm³/mol. The van der Waals surface area contributed by atoms with Gasteiger partial charge in [0.1, 0.15) is 5.75 Å². The molecule has 0 saturated heterocycles. The number of sulfonamides is 1. The lowest BCUT2D eigenvalue weighted by Crippen LogP contribution is -2.14. The van der Waals surface area contributed by atoms with Crippen molar-refractivity contribution in [2.24, 2.45) is 0 Å². The third kappa shape index (κ3) is 3.28. The van der Waals surface area contributed by atoms with Crippen LogP contribution >= 0.6 is 0 Å². The summed E-state index contributed by atoms with van der Waals surface area (Å²) in [5, 5.41) is 0. The molecule has 0 saturated carbocycles. The van der Waals surface area contributed by atoms with E-state index in [9.17, 15) is 8.42 Å². The van der Waals surface area contributed by atoms with Crippen molar-refractivity contribution >= 4 is 21.4 Å². The summed E-state index contributed by atoms with van der Waals surface area (Å²) >= 11 is 0. The molecule has 0 unspecified atom stereocenters. The van der Waals surface area contributed by atoms with Gasteiger partial charge in [0.15, 0.2) is 0 Å². The molecule has 3 N–H and O–H groups in total. The number of aryl methyl sites for hydroxylation is 2. The molecule has 0 aliphatic rings. The molecule has 2 rings (SSSR count). The fraction of sp³-hybridized carbons (Fsp3) is 0.200. The number of rotatable bonds is 4. The molecule has 5 nitrogen and oxygen atoms in total. The van der Waals surface area contributed by atoms with E-state index in [1.54, 1.807) is 36.4 Å². The highest BCUT2D eigenvalue weighted by atomic mass is 32.2. The Morgan fingerprint density at radius 1 is 1.05 bits per heavy atom. The summed E-state index contributed by atoms with van der Waals surface area (Å²) in [6.45, 7) is 3.80. The normalized spacial score (nSPS) is 11.2. The first-order valence-electron chi connectivity index (χ1n) is 6.37. The molecule has 0 spiro atoms. The Morgan fingerprint density at radius 3 is 2.33 bits per heavy atom. The van der Waals surface area contributed by atoms with E-state index < -0.39 is 10.0 Å². The van der Waals surface area contributed by atoms with Gasteiger partial charge in [-0.15, -0.1) is 0 Å². The van der Waals surface area contributed by atoms with Crippen molar-refractivity contribution in [2.75, 3.05) is 17.6 Å². The molecule has 2 aromatic carbocycles. The van der Waals surface area contributed by atoms with E-state index in [1.165, 1.54) is 7.11 Å². The molecule has 0 atom stereocenters. The predicted octanol–water partition coefficient (Wildman–Crippen LogP) is 2.70. The monoisotopic (exact) mass is 306 g/mol. The number of hydrogen-bond donors (Lipinski definition) is 2. The average molecular weight is 306 g/mol. The number of hydrogen-bond acceptors (Lipinski definition) is 4. The minimum atomic E-state index is -3.67. The van der Waals surface area contributed by atoms with Gasteiger partial charge in [-0.3, -0.25) is 4.72 Å². The van der Waals surface area contributed by atoms with Crippen molar-refractivity contribution in [3.63, 3.8) is 0 Å². The van der Waals surface area contributed by atoms with Gasteiger partial charge in [-0.25, -0.2) is 8.42 Å². The Bertz CT molecular complexity index is 770. The molecule has 0 aromatic heterocycles. The van der Waals surface area contributed by atoms with E-state index in [4.69, 9.17) is 10.5 Å². The second-order valence-electron chi connectivity index (χ2n) is 4.80. The quantitative estimate of drug-likeness (QED) is 0.851. The van der Waals surface area contributed by atoms with Gasteiger partial charge < -0.3 is 10.5 Å². The molecule has 0 heterocycles. The summed E-state index contributed by atoms with van der Waals surface area (Å²) in [4.78, 5) is 0.209. The third-order valence-electron chi connectivity index (χ3n) is 3.29. The van der Waals surface area contributed by atoms with E-state index in [-0.39, 0.29) is 4.90 Å². The molecule has 0 amide bonds. The maximum atomic E-state index is 12.4. The van der Waals surface area contributed by atoms with Crippen LogP contribution in [0.2, 0.25) is 0 Å². The number of ether oxygens (including phenoxy) is 1. The maximum absolute atomic E-state index is 12.4. The number of nitrogens with two attached hydrogens (primary N) is 1. The average Bonchev–Trinajstić information content (AvgIpc) is 2.43. The molecule has 0 radical (unpaired) electrons. The van der Waals surface area contributed by atoms with Crippen LogP contribution in [0.5, 0.6) is 5.75 Å². The molecule has 21 heavy (non-hydrogen) atoms. The summed E-state index contributed by atoms with van der Waals surface area (Å²) in [6, 6.07) is 9.78. The Kier molecular flexibility index (Phi) is 4.09. The summed E-state index contributed by atoms with van der Waals surface area (Å²) < 4.78 is 32.3. The van der Waals surface area contributed by atoms with Gasteiger partial charge in [0, 0.05) is 6.07 Å². The number of anilines is 2. The standard InChI is InChI=1S/C15H18N2O3S/c1-10-4-6-13(8-11(10)2)21(18,19)17-15-7-5-12(20-3)9-14(15)16/h4-9,17H,16H2,1-3H3. The molecule has 112 valence electrons. The summed E-state index contributed by atoms with van der Waals surface area (Å²) in [5.41, 5.74) is 8.42. The summed E-state index contributed by atoms with van der Waals surface area (Å²) in [6.07, 6.45) is 0. The summed E-state index contributed by atoms with van der Waals surface area (Å²) in [5.74, 6) is 0.571. The highest BCUT2D eigenvalue weighted by molar-refractivity contribution is 7.92. The Balaban J connectivity index is 2.35. The van der Waals surface area contributed by atoms with Gasteiger partial charge in [-0.2, -0.15) is 0 Å². The topological polar surface area (TPSA) is 81.4 Å². The first kappa shape index (κ1) is 15.2. The minimum Gasteiger partial charge on any atom is -0.497 e. The van der Waals surface area contributed by atoms with Gasteiger partial charge in [0.05, 0.1) is 23.4 Å². The van der Waals surface area contributed by atoms with Crippen LogP contribution in [0.15, 0.2) is 41.3 Å². The Morgan fingerprint density at radius 2 is 1.76 bits per heavy atom. The van der Waals surface area contributed by atoms with Crippen LogP contribution in [0.25, 0.3) is 0 Å². The van der Waals surface area contributed by atoms with Gasteiger partial charge in [0.2, 0.25) is 0 Å². The van der Waals surface area contributed by atoms with Crippen molar-refractivity contribution < 1.29 is 13.2 Å². The van der Waals surface area contributed by atoms with E-state index in [1.807, 2.05) is 13.8 Å². The lowest BCUT2D eigenvalue weighted by atomic mass is 10.1. The van der Waals surface area contributed by atoms with E-state index >= 15 is 0 Å². The Labute approximate surface area is 124 Å². The smallest absolute Gasteiger partial charge is 0.261 e. The van der Waals surface area contributed by atoms with Crippen LogP contribution in [0.3, 0.4) is 0 Å². The fourth-order valence-corrected chi connectivity index (χ4v) is 3.02. The highest BCUT2D eigenvalue weighted by Gasteiger charge is 2.16. The molecule has 0 aliphatic carbocycles. The zero-order chi connectivity index (χ0) is 15.6. The van der Waals surface area contributed by atoms with Crippen LogP contribution in [0, 0.1) is 13.8 Å². The second kappa shape index (κ2) is 5.65. The minimum absolute atomic E-state index is 0.209. The number of nitrogen functional groups attached to an aromatic ring is 1. The zero-order valence-corrected chi connectivity index (χ0v) is 13.0. The first-order valence-corrected chi connectivity index (χ1v) is 7.85. The van der Waals surface area contributed by atoms with Gasteiger partial charge in [-0.05, 0) is 49.2 Å². The maximum Gasteiger partial charge on any atom is 0.261 e.